The van der Waals surface area contributed by atoms with E-state index in [0.29, 0.717) is 0 Å². The van der Waals surface area contributed by atoms with E-state index in [9.17, 15) is 0 Å². The predicted molar refractivity (Wildman–Crippen MR) is 241 cm³/mol. The Labute approximate surface area is 342 Å². The molecule has 0 radical (unpaired) electrons. The van der Waals surface area contributed by atoms with Crippen LogP contribution in [0.5, 0.6) is 0 Å². The number of nitrogens with zero attached hydrogens (tertiary/aromatic N) is 4. The molecule has 9 rings (SSSR count). The summed E-state index contributed by atoms with van der Waals surface area (Å²) >= 11 is 3.95. The van der Waals surface area contributed by atoms with Gasteiger partial charge in [-0.25, -0.2) is 0 Å². The SMILES string of the molecule is Brc1cc(N(c2ccc(-c3ccccc3)cc2)c2ccc(-c3cccnc3)cc2)cc(N(c2ccc(-c3cccnc3)cc2)c2cccc(-c3ccccc3)c2)c1. The zero-order chi connectivity index (χ0) is 38.4. The summed E-state index contributed by atoms with van der Waals surface area (Å²) in [6.45, 7) is 0. The van der Waals surface area contributed by atoms with Crippen molar-refractivity contribution in [3.63, 3.8) is 0 Å². The number of rotatable bonds is 10. The molecule has 0 spiro atoms. The first-order valence-corrected chi connectivity index (χ1v) is 19.7. The van der Waals surface area contributed by atoms with Crippen LogP contribution in [-0.4, -0.2) is 9.97 Å². The molecule has 0 aliphatic carbocycles. The van der Waals surface area contributed by atoms with Crippen LogP contribution in [0.1, 0.15) is 0 Å². The van der Waals surface area contributed by atoms with Gasteiger partial charge in [-0.05, 0) is 123 Å². The Bertz CT molecular complexity index is 2620. The third-order valence-electron chi connectivity index (χ3n) is 10.1. The van der Waals surface area contributed by atoms with Gasteiger partial charge in [-0.15, -0.1) is 0 Å². The minimum Gasteiger partial charge on any atom is -0.310 e. The fraction of sp³-hybridized carbons (Fsp3) is 0. The summed E-state index contributed by atoms with van der Waals surface area (Å²) < 4.78 is 0.962. The Morgan fingerprint density at radius 2 is 0.667 bits per heavy atom. The van der Waals surface area contributed by atoms with Gasteiger partial charge in [0.1, 0.15) is 0 Å². The molecule has 0 saturated heterocycles. The van der Waals surface area contributed by atoms with Gasteiger partial charge >= 0.3 is 0 Å². The van der Waals surface area contributed by atoms with Gasteiger partial charge in [0.15, 0.2) is 0 Å². The number of aromatic nitrogens is 2. The maximum atomic E-state index is 4.36. The quantitative estimate of drug-likeness (QED) is 0.138. The van der Waals surface area contributed by atoms with Crippen molar-refractivity contribution in [3.05, 3.63) is 229 Å². The first kappa shape index (κ1) is 35.6. The average molecular weight is 798 g/mol. The summed E-state index contributed by atoms with van der Waals surface area (Å²) in [5.74, 6) is 0. The Morgan fingerprint density at radius 1 is 0.281 bits per heavy atom. The lowest BCUT2D eigenvalue weighted by molar-refractivity contribution is 1.24. The van der Waals surface area contributed by atoms with E-state index in [0.717, 1.165) is 66.4 Å². The highest BCUT2D eigenvalue weighted by Crippen LogP contribution is 2.44. The van der Waals surface area contributed by atoms with Crippen LogP contribution < -0.4 is 9.80 Å². The molecule has 0 aliphatic heterocycles. The summed E-state index contributed by atoms with van der Waals surface area (Å²) in [5, 5.41) is 0. The van der Waals surface area contributed by atoms with Gasteiger partial charge in [0.2, 0.25) is 0 Å². The van der Waals surface area contributed by atoms with Crippen LogP contribution in [0, 0.1) is 0 Å². The molecular formula is C52H37BrN4. The lowest BCUT2D eigenvalue weighted by Crippen LogP contribution is -2.13. The lowest BCUT2D eigenvalue weighted by Gasteiger charge is -2.30. The third-order valence-corrected chi connectivity index (χ3v) is 10.5. The monoisotopic (exact) mass is 796 g/mol. The molecule has 2 heterocycles. The van der Waals surface area contributed by atoms with Gasteiger partial charge in [0.05, 0.1) is 0 Å². The third kappa shape index (κ3) is 7.88. The molecule has 0 unspecified atom stereocenters. The maximum absolute atomic E-state index is 4.36. The van der Waals surface area contributed by atoms with Crippen LogP contribution in [0.4, 0.5) is 34.1 Å². The molecule has 0 amide bonds. The normalized spacial score (nSPS) is 10.9. The van der Waals surface area contributed by atoms with Crippen molar-refractivity contribution in [2.24, 2.45) is 0 Å². The van der Waals surface area contributed by atoms with Crippen molar-refractivity contribution < 1.29 is 0 Å². The molecule has 0 fully saturated rings. The van der Waals surface area contributed by atoms with Crippen LogP contribution >= 0.6 is 15.9 Å². The van der Waals surface area contributed by atoms with E-state index in [1.165, 1.54) is 16.7 Å². The Kier molecular flexibility index (Phi) is 10.2. The summed E-state index contributed by atoms with van der Waals surface area (Å²) in [5.41, 5.74) is 15.2. The lowest BCUT2D eigenvalue weighted by atomic mass is 10.0. The molecule has 272 valence electrons. The number of anilines is 6. The zero-order valence-corrected chi connectivity index (χ0v) is 32.6. The van der Waals surface area contributed by atoms with E-state index in [4.69, 9.17) is 0 Å². The van der Waals surface area contributed by atoms with E-state index in [1.54, 1.807) is 12.4 Å². The van der Waals surface area contributed by atoms with Crippen LogP contribution in [-0.2, 0) is 0 Å². The largest absolute Gasteiger partial charge is 0.310 e. The van der Waals surface area contributed by atoms with Crippen LogP contribution in [0.2, 0.25) is 0 Å². The fourth-order valence-electron chi connectivity index (χ4n) is 7.27. The first-order valence-electron chi connectivity index (χ1n) is 18.9. The van der Waals surface area contributed by atoms with E-state index in [-0.39, 0.29) is 0 Å². The standard InChI is InChI=1S/C52H37BrN4/c53-46-33-51(56(47-24-18-40(19-25-47)38-10-3-1-4-11-38)48-26-20-41(21-27-48)44-15-8-30-54-36-44)35-52(34-46)57(49-28-22-42(23-29-49)45-16-9-31-55-37-45)50-17-7-14-43(32-50)39-12-5-2-6-13-39/h1-37H. The van der Waals surface area contributed by atoms with Gasteiger partial charge in [-0.2, -0.15) is 0 Å². The Balaban J connectivity index is 1.18. The molecule has 0 saturated carbocycles. The van der Waals surface area contributed by atoms with Crippen molar-refractivity contribution in [2.75, 3.05) is 9.80 Å². The summed E-state index contributed by atoms with van der Waals surface area (Å²) in [7, 11) is 0. The van der Waals surface area contributed by atoms with E-state index < -0.39 is 0 Å². The molecular weight excluding hydrogens is 761 g/mol. The molecule has 57 heavy (non-hydrogen) atoms. The second-order valence-electron chi connectivity index (χ2n) is 13.7. The molecule has 0 N–H and O–H groups in total. The van der Waals surface area contributed by atoms with Crippen molar-refractivity contribution in [1.29, 1.82) is 0 Å². The zero-order valence-electron chi connectivity index (χ0n) is 31.0. The summed E-state index contributed by atoms with van der Waals surface area (Å²) in [6, 6.07) is 70.8. The fourth-order valence-corrected chi connectivity index (χ4v) is 7.74. The molecule has 7 aromatic carbocycles. The van der Waals surface area contributed by atoms with Crippen LogP contribution in [0.15, 0.2) is 229 Å². The molecule has 5 heteroatoms. The first-order chi connectivity index (χ1) is 28.2. The van der Waals surface area contributed by atoms with Crippen LogP contribution in [0.25, 0.3) is 44.5 Å². The van der Waals surface area contributed by atoms with Gasteiger partial charge in [-0.1, -0.05) is 137 Å². The van der Waals surface area contributed by atoms with Crippen molar-refractivity contribution in [3.8, 4) is 44.5 Å². The van der Waals surface area contributed by atoms with Gasteiger partial charge in [-0.3, -0.25) is 9.97 Å². The van der Waals surface area contributed by atoms with Gasteiger partial charge < -0.3 is 9.80 Å². The molecule has 9 aromatic rings. The maximum Gasteiger partial charge on any atom is 0.0493 e. The predicted octanol–water partition coefficient (Wildman–Crippen LogP) is 14.8. The smallest absolute Gasteiger partial charge is 0.0493 e. The second kappa shape index (κ2) is 16.3. The number of halogens is 1. The number of hydrogen-bond donors (Lipinski definition) is 0. The average Bonchev–Trinajstić information content (AvgIpc) is 3.28. The van der Waals surface area contributed by atoms with Gasteiger partial charge in [0.25, 0.3) is 0 Å². The topological polar surface area (TPSA) is 32.3 Å². The van der Waals surface area contributed by atoms with Crippen molar-refractivity contribution >= 4 is 50.1 Å². The molecule has 0 aliphatic rings. The summed E-state index contributed by atoms with van der Waals surface area (Å²) in [6.07, 6.45) is 7.42. The number of benzene rings is 7. The summed E-state index contributed by atoms with van der Waals surface area (Å²) in [4.78, 5) is 13.4. The number of pyridine rings is 2. The second-order valence-corrected chi connectivity index (χ2v) is 14.7. The highest BCUT2D eigenvalue weighted by molar-refractivity contribution is 9.10. The van der Waals surface area contributed by atoms with Crippen molar-refractivity contribution in [1.82, 2.24) is 9.97 Å². The number of hydrogen-bond acceptors (Lipinski definition) is 4. The van der Waals surface area contributed by atoms with Crippen molar-refractivity contribution in [2.45, 2.75) is 0 Å². The van der Waals surface area contributed by atoms with E-state index >= 15 is 0 Å². The highest BCUT2D eigenvalue weighted by Gasteiger charge is 2.20. The van der Waals surface area contributed by atoms with E-state index in [2.05, 4.69) is 224 Å². The van der Waals surface area contributed by atoms with Crippen LogP contribution in [0.3, 0.4) is 0 Å². The highest BCUT2D eigenvalue weighted by atomic mass is 79.9. The van der Waals surface area contributed by atoms with E-state index in [1.807, 2.05) is 24.5 Å². The Hall–Kier alpha value is -7.08. The Morgan fingerprint density at radius 3 is 1.12 bits per heavy atom. The minimum absolute atomic E-state index is 0.962. The molecule has 2 aromatic heterocycles. The minimum atomic E-state index is 0.962. The molecule has 4 nitrogen and oxygen atoms in total. The molecule has 0 atom stereocenters. The molecule has 0 bridgehead atoms. The van der Waals surface area contributed by atoms with Gasteiger partial charge in [0, 0.05) is 63.4 Å².